The van der Waals surface area contributed by atoms with E-state index in [-0.39, 0.29) is 17.7 Å². The Hall–Kier alpha value is -3.21. The van der Waals surface area contributed by atoms with E-state index < -0.39 is 6.04 Å². The van der Waals surface area contributed by atoms with Crippen LogP contribution in [0.25, 0.3) is 6.08 Å². The minimum absolute atomic E-state index is 0.239. The summed E-state index contributed by atoms with van der Waals surface area (Å²) in [5.74, 6) is -1.02. The molecule has 0 saturated carbocycles. The van der Waals surface area contributed by atoms with Gasteiger partial charge in [0.05, 0.1) is 17.7 Å². The van der Waals surface area contributed by atoms with Gasteiger partial charge in [-0.3, -0.25) is 19.3 Å². The molecule has 0 N–H and O–H groups in total. The Morgan fingerprint density at radius 3 is 2.00 bits per heavy atom. The molecule has 2 aromatic rings. The van der Waals surface area contributed by atoms with E-state index in [2.05, 4.69) is 0 Å². The molecule has 2 aliphatic heterocycles. The third kappa shape index (κ3) is 2.13. The first-order valence-corrected chi connectivity index (χ1v) is 7.67. The molecule has 5 heteroatoms. The van der Waals surface area contributed by atoms with Crippen LogP contribution in [0.2, 0.25) is 0 Å². The highest BCUT2D eigenvalue weighted by atomic mass is 16.2. The van der Waals surface area contributed by atoms with Gasteiger partial charge >= 0.3 is 0 Å². The highest BCUT2D eigenvalue weighted by Crippen LogP contribution is 2.28. The van der Waals surface area contributed by atoms with E-state index in [4.69, 9.17) is 0 Å². The van der Waals surface area contributed by atoms with E-state index >= 15 is 0 Å². The number of nitrogens with zero attached hydrogens (tertiary/aromatic N) is 2. The van der Waals surface area contributed by atoms with Crippen LogP contribution in [0.5, 0.6) is 0 Å². The van der Waals surface area contributed by atoms with Gasteiger partial charge in [0.25, 0.3) is 17.7 Å². The fraction of sp³-hybridized carbons (Fsp3) is 0.105. The zero-order valence-electron chi connectivity index (χ0n) is 12.8. The van der Waals surface area contributed by atoms with Gasteiger partial charge in [-0.2, -0.15) is 0 Å². The lowest BCUT2D eigenvalue weighted by Crippen LogP contribution is -2.63. The van der Waals surface area contributed by atoms with Crippen LogP contribution in [-0.4, -0.2) is 40.1 Å². The summed E-state index contributed by atoms with van der Waals surface area (Å²) in [5.41, 5.74) is 1.72. The minimum Gasteiger partial charge on any atom is -0.315 e. The summed E-state index contributed by atoms with van der Waals surface area (Å²) in [7, 11) is 0. The zero-order valence-corrected chi connectivity index (χ0v) is 12.8. The Morgan fingerprint density at radius 2 is 1.42 bits per heavy atom. The summed E-state index contributed by atoms with van der Waals surface area (Å²) in [6.45, 7) is 0.327. The number of fused-ring (bicyclic) bond motifs is 1. The number of imide groups is 1. The molecule has 0 spiro atoms. The molecule has 3 amide bonds. The summed E-state index contributed by atoms with van der Waals surface area (Å²) in [5, 5.41) is 0. The summed E-state index contributed by atoms with van der Waals surface area (Å²) in [6, 6.07) is 15.6. The predicted octanol–water partition coefficient (Wildman–Crippen LogP) is 2.16. The molecule has 0 aliphatic carbocycles. The van der Waals surface area contributed by atoms with Crippen molar-refractivity contribution in [3.05, 3.63) is 77.5 Å². The van der Waals surface area contributed by atoms with Crippen molar-refractivity contribution in [2.45, 2.75) is 6.04 Å². The van der Waals surface area contributed by atoms with Gasteiger partial charge in [-0.15, -0.1) is 0 Å². The van der Waals surface area contributed by atoms with E-state index in [9.17, 15) is 14.4 Å². The lowest BCUT2D eigenvalue weighted by molar-refractivity contribution is -0.143. The third-order valence-corrected chi connectivity index (χ3v) is 4.32. The van der Waals surface area contributed by atoms with Gasteiger partial charge in [0, 0.05) is 6.20 Å². The third-order valence-electron chi connectivity index (χ3n) is 4.32. The molecule has 0 aromatic heterocycles. The second kappa shape index (κ2) is 5.45. The van der Waals surface area contributed by atoms with Crippen LogP contribution >= 0.6 is 0 Å². The van der Waals surface area contributed by atoms with E-state index in [1.54, 1.807) is 30.5 Å². The van der Waals surface area contributed by atoms with Crippen molar-refractivity contribution >= 4 is 23.8 Å². The van der Waals surface area contributed by atoms with Crippen molar-refractivity contribution in [3.63, 3.8) is 0 Å². The van der Waals surface area contributed by atoms with Crippen molar-refractivity contribution < 1.29 is 14.4 Å². The first kappa shape index (κ1) is 14.4. The van der Waals surface area contributed by atoms with E-state index in [1.807, 2.05) is 36.4 Å². The molecule has 0 bridgehead atoms. The van der Waals surface area contributed by atoms with Crippen LogP contribution in [0, 0.1) is 0 Å². The topological polar surface area (TPSA) is 57.7 Å². The smallest absolute Gasteiger partial charge is 0.262 e. The molecule has 4 rings (SSSR count). The Morgan fingerprint density at radius 1 is 0.833 bits per heavy atom. The van der Waals surface area contributed by atoms with Gasteiger partial charge in [0.15, 0.2) is 0 Å². The van der Waals surface area contributed by atoms with Crippen LogP contribution in [-0.2, 0) is 4.79 Å². The van der Waals surface area contributed by atoms with Gasteiger partial charge in [-0.05, 0) is 23.8 Å². The van der Waals surface area contributed by atoms with Crippen LogP contribution in [0.3, 0.4) is 0 Å². The van der Waals surface area contributed by atoms with Crippen LogP contribution in [0.4, 0.5) is 0 Å². The van der Waals surface area contributed by atoms with Gasteiger partial charge in [-0.1, -0.05) is 42.5 Å². The Bertz CT molecular complexity index is 838. The minimum atomic E-state index is -0.710. The Balaban J connectivity index is 1.49. The zero-order chi connectivity index (χ0) is 16.7. The van der Waals surface area contributed by atoms with E-state index in [0.29, 0.717) is 17.7 Å². The largest absolute Gasteiger partial charge is 0.315 e. The highest BCUT2D eigenvalue weighted by Gasteiger charge is 2.49. The number of β-lactam (4-membered cyclic amide) rings is 1. The van der Waals surface area contributed by atoms with Gasteiger partial charge in [0.2, 0.25) is 0 Å². The number of likely N-dealkylation sites (tertiary alicyclic amines) is 1. The average molecular weight is 318 g/mol. The number of carbonyl (C=O) groups excluding carboxylic acids is 3. The lowest BCUT2D eigenvalue weighted by Gasteiger charge is -2.39. The number of hydrogen-bond donors (Lipinski definition) is 0. The number of rotatable bonds is 3. The molecule has 2 aromatic carbocycles. The van der Waals surface area contributed by atoms with Gasteiger partial charge in [0.1, 0.15) is 6.04 Å². The molecular weight excluding hydrogens is 304 g/mol. The molecule has 1 unspecified atom stereocenters. The van der Waals surface area contributed by atoms with Crippen molar-refractivity contribution in [2.24, 2.45) is 0 Å². The molecule has 1 fully saturated rings. The molecule has 2 aliphatic rings. The predicted molar refractivity (Wildman–Crippen MR) is 87.9 cm³/mol. The fourth-order valence-corrected chi connectivity index (χ4v) is 2.99. The first-order valence-electron chi connectivity index (χ1n) is 7.67. The molecule has 0 radical (unpaired) electrons. The quantitative estimate of drug-likeness (QED) is 0.644. The van der Waals surface area contributed by atoms with E-state index in [0.717, 1.165) is 10.5 Å². The van der Waals surface area contributed by atoms with Crippen molar-refractivity contribution in [2.75, 3.05) is 6.54 Å². The second-order valence-electron chi connectivity index (χ2n) is 5.76. The van der Waals surface area contributed by atoms with Crippen molar-refractivity contribution in [1.29, 1.82) is 0 Å². The molecular formula is C19H14N2O3. The number of carbonyl (C=O) groups is 3. The van der Waals surface area contributed by atoms with Crippen LogP contribution in [0.15, 0.2) is 60.8 Å². The molecule has 1 atom stereocenters. The normalized spacial score (nSPS) is 19.8. The average Bonchev–Trinajstić information content (AvgIpc) is 2.87. The Kier molecular flexibility index (Phi) is 3.27. The van der Waals surface area contributed by atoms with Crippen molar-refractivity contribution in [3.8, 4) is 0 Å². The molecule has 1 saturated heterocycles. The Labute approximate surface area is 138 Å². The monoisotopic (exact) mass is 318 g/mol. The number of benzene rings is 2. The van der Waals surface area contributed by atoms with Crippen LogP contribution in [0.1, 0.15) is 26.3 Å². The summed E-state index contributed by atoms with van der Waals surface area (Å²) < 4.78 is 0. The molecule has 2 heterocycles. The summed E-state index contributed by atoms with van der Waals surface area (Å²) >= 11 is 0. The standard InChI is InChI=1S/C19H14N2O3/c22-17-14-8-4-5-9-15(14)18(23)21(17)16-12-20(19(16)24)11-10-13-6-2-1-3-7-13/h1-11,16H,12H2. The number of amides is 3. The first-order chi connectivity index (χ1) is 11.7. The second-order valence-corrected chi connectivity index (χ2v) is 5.76. The maximum atomic E-state index is 12.4. The summed E-state index contributed by atoms with van der Waals surface area (Å²) in [6.07, 6.45) is 3.52. The molecule has 118 valence electrons. The fourth-order valence-electron chi connectivity index (χ4n) is 2.99. The molecule has 5 nitrogen and oxygen atoms in total. The van der Waals surface area contributed by atoms with Gasteiger partial charge in [-0.25, -0.2) is 0 Å². The van der Waals surface area contributed by atoms with Crippen molar-refractivity contribution in [1.82, 2.24) is 9.80 Å². The van der Waals surface area contributed by atoms with E-state index in [1.165, 1.54) is 4.90 Å². The highest BCUT2D eigenvalue weighted by molar-refractivity contribution is 6.23. The maximum absolute atomic E-state index is 12.4. The summed E-state index contributed by atoms with van der Waals surface area (Å²) in [4.78, 5) is 39.7. The maximum Gasteiger partial charge on any atom is 0.262 e. The lowest BCUT2D eigenvalue weighted by atomic mass is 10.1. The van der Waals surface area contributed by atoms with Gasteiger partial charge < -0.3 is 4.90 Å². The SMILES string of the molecule is O=C1C(N2C(=O)c3ccccc3C2=O)CN1C=Cc1ccccc1. The molecule has 24 heavy (non-hydrogen) atoms. The van der Waals surface area contributed by atoms with Crippen LogP contribution < -0.4 is 0 Å². The number of hydrogen-bond acceptors (Lipinski definition) is 3.